The third kappa shape index (κ3) is 2.40. The lowest BCUT2D eigenvalue weighted by molar-refractivity contribution is 0.411. The van der Waals surface area contributed by atoms with Crippen molar-refractivity contribution < 1.29 is 0 Å². The van der Waals surface area contributed by atoms with Gasteiger partial charge in [-0.1, -0.05) is 0 Å². The van der Waals surface area contributed by atoms with E-state index in [9.17, 15) is 0 Å². The maximum absolute atomic E-state index is 7.35. The third-order valence-corrected chi connectivity index (χ3v) is 3.52. The zero-order valence-electron chi connectivity index (χ0n) is 10.5. The number of hydrogen-bond acceptors (Lipinski definition) is 3. The van der Waals surface area contributed by atoms with E-state index in [2.05, 4.69) is 23.7 Å². The van der Waals surface area contributed by atoms with Crippen molar-refractivity contribution in [2.75, 3.05) is 4.90 Å². The van der Waals surface area contributed by atoms with Crippen LogP contribution in [0.15, 0.2) is 18.3 Å². The van der Waals surface area contributed by atoms with E-state index >= 15 is 0 Å². The highest BCUT2D eigenvalue weighted by Gasteiger charge is 2.25. The summed E-state index contributed by atoms with van der Waals surface area (Å²) in [5.41, 5.74) is 6.11. The molecule has 0 spiro atoms. The Balaban J connectivity index is 2.23. The van der Waals surface area contributed by atoms with Crippen LogP contribution >= 0.6 is 0 Å². The second-order valence-electron chi connectivity index (χ2n) is 4.85. The molecule has 1 saturated heterocycles. The molecule has 2 rings (SSSR count). The second kappa shape index (κ2) is 4.73. The fourth-order valence-electron chi connectivity index (χ4n) is 2.57. The van der Waals surface area contributed by atoms with E-state index in [0.717, 1.165) is 5.82 Å². The van der Waals surface area contributed by atoms with E-state index in [-0.39, 0.29) is 5.84 Å². The smallest absolute Gasteiger partial charge is 0.128 e. The molecule has 0 bridgehead atoms. The van der Waals surface area contributed by atoms with Crippen LogP contribution in [0.5, 0.6) is 0 Å². The Morgan fingerprint density at radius 3 is 2.47 bits per heavy atom. The zero-order chi connectivity index (χ0) is 12.4. The summed E-state index contributed by atoms with van der Waals surface area (Å²) in [4.78, 5) is 6.80. The van der Waals surface area contributed by atoms with E-state index in [1.54, 1.807) is 6.20 Å². The Hall–Kier alpha value is -1.58. The van der Waals surface area contributed by atoms with Gasteiger partial charge < -0.3 is 10.6 Å². The molecule has 92 valence electrons. The SMILES string of the molecule is CC1CCCC(C)N1c1ccc(C(=N)N)cn1. The summed E-state index contributed by atoms with van der Waals surface area (Å²) in [6, 6.07) is 4.91. The molecule has 17 heavy (non-hydrogen) atoms. The summed E-state index contributed by atoms with van der Waals surface area (Å²) in [5.74, 6) is 1.07. The van der Waals surface area contributed by atoms with E-state index in [4.69, 9.17) is 11.1 Å². The normalized spacial score (nSPS) is 24.7. The Bertz CT molecular complexity index is 388. The lowest BCUT2D eigenvalue weighted by Crippen LogP contribution is -2.44. The molecule has 4 heteroatoms. The molecule has 1 aliphatic rings. The topological polar surface area (TPSA) is 66.0 Å². The van der Waals surface area contributed by atoms with Crippen LogP contribution < -0.4 is 10.6 Å². The molecule has 1 fully saturated rings. The third-order valence-electron chi connectivity index (χ3n) is 3.52. The number of nitrogen functional groups attached to an aromatic ring is 1. The van der Waals surface area contributed by atoms with Crippen molar-refractivity contribution in [3.8, 4) is 0 Å². The van der Waals surface area contributed by atoms with Gasteiger partial charge in [-0.05, 0) is 45.2 Å². The van der Waals surface area contributed by atoms with E-state index < -0.39 is 0 Å². The molecule has 0 saturated carbocycles. The molecule has 1 aromatic heterocycles. The van der Waals surface area contributed by atoms with Crippen LogP contribution in [0.1, 0.15) is 38.7 Å². The number of anilines is 1. The molecule has 0 radical (unpaired) electrons. The summed E-state index contributed by atoms with van der Waals surface area (Å²) >= 11 is 0. The number of nitrogens with two attached hydrogens (primary N) is 1. The summed E-state index contributed by atoms with van der Waals surface area (Å²) in [6.45, 7) is 4.49. The van der Waals surface area contributed by atoms with Crippen LogP contribution in [0.25, 0.3) is 0 Å². The average Bonchev–Trinajstić information content (AvgIpc) is 2.29. The van der Waals surface area contributed by atoms with Crippen molar-refractivity contribution >= 4 is 11.7 Å². The Labute approximate surface area is 102 Å². The van der Waals surface area contributed by atoms with Gasteiger partial charge in [0, 0.05) is 23.8 Å². The summed E-state index contributed by atoms with van der Waals surface area (Å²) in [5, 5.41) is 7.35. The molecule has 0 aromatic carbocycles. The van der Waals surface area contributed by atoms with Crippen molar-refractivity contribution in [1.82, 2.24) is 4.98 Å². The number of nitrogens with one attached hydrogen (secondary N) is 1. The molecular weight excluding hydrogens is 212 g/mol. The molecule has 2 unspecified atom stereocenters. The van der Waals surface area contributed by atoms with Crippen LogP contribution in [0.4, 0.5) is 5.82 Å². The van der Waals surface area contributed by atoms with Gasteiger partial charge in [-0.2, -0.15) is 0 Å². The first-order valence-electron chi connectivity index (χ1n) is 6.18. The monoisotopic (exact) mass is 232 g/mol. The van der Waals surface area contributed by atoms with Crippen molar-refractivity contribution in [2.45, 2.75) is 45.2 Å². The maximum Gasteiger partial charge on any atom is 0.128 e. The number of rotatable bonds is 2. The van der Waals surface area contributed by atoms with Gasteiger partial charge in [-0.3, -0.25) is 5.41 Å². The molecular formula is C13H20N4. The number of nitrogens with zero attached hydrogens (tertiary/aromatic N) is 2. The van der Waals surface area contributed by atoms with Crippen LogP contribution in [-0.2, 0) is 0 Å². The van der Waals surface area contributed by atoms with Gasteiger partial charge in [-0.25, -0.2) is 4.98 Å². The highest BCUT2D eigenvalue weighted by atomic mass is 15.2. The maximum atomic E-state index is 7.35. The fourth-order valence-corrected chi connectivity index (χ4v) is 2.57. The predicted molar refractivity (Wildman–Crippen MR) is 70.5 cm³/mol. The largest absolute Gasteiger partial charge is 0.384 e. The number of aromatic nitrogens is 1. The molecule has 0 amide bonds. The molecule has 1 aromatic rings. The van der Waals surface area contributed by atoms with Gasteiger partial charge in [0.2, 0.25) is 0 Å². The molecule has 1 aliphatic heterocycles. The minimum absolute atomic E-state index is 0.0730. The first-order valence-corrected chi connectivity index (χ1v) is 6.18. The number of pyridine rings is 1. The molecule has 2 atom stereocenters. The average molecular weight is 232 g/mol. The minimum atomic E-state index is 0.0730. The van der Waals surface area contributed by atoms with Gasteiger partial charge in [0.1, 0.15) is 11.7 Å². The van der Waals surface area contributed by atoms with E-state index in [1.807, 2.05) is 12.1 Å². The Kier molecular flexibility index (Phi) is 3.31. The van der Waals surface area contributed by atoms with Crippen molar-refractivity contribution in [2.24, 2.45) is 5.73 Å². The van der Waals surface area contributed by atoms with Gasteiger partial charge in [0.15, 0.2) is 0 Å². The zero-order valence-corrected chi connectivity index (χ0v) is 10.5. The predicted octanol–water partition coefficient (Wildman–Crippen LogP) is 2.13. The second-order valence-corrected chi connectivity index (χ2v) is 4.85. The first-order chi connectivity index (χ1) is 8.09. The Morgan fingerprint density at radius 2 is 2.00 bits per heavy atom. The van der Waals surface area contributed by atoms with Gasteiger partial charge in [-0.15, -0.1) is 0 Å². The van der Waals surface area contributed by atoms with E-state index in [1.165, 1.54) is 19.3 Å². The lowest BCUT2D eigenvalue weighted by Gasteiger charge is -2.40. The fraction of sp³-hybridized carbons (Fsp3) is 0.538. The molecule has 2 heterocycles. The van der Waals surface area contributed by atoms with Crippen LogP contribution in [0.2, 0.25) is 0 Å². The van der Waals surface area contributed by atoms with Crippen LogP contribution in [-0.4, -0.2) is 22.9 Å². The summed E-state index contributed by atoms with van der Waals surface area (Å²) in [7, 11) is 0. The molecule has 3 N–H and O–H groups in total. The van der Waals surface area contributed by atoms with E-state index in [0.29, 0.717) is 17.6 Å². The van der Waals surface area contributed by atoms with Gasteiger partial charge in [0.25, 0.3) is 0 Å². The standard InChI is InChI=1S/C13H20N4/c1-9-4-3-5-10(2)17(9)12-7-6-11(8-16-12)13(14)15/h6-10H,3-5H2,1-2H3,(H3,14,15). The van der Waals surface area contributed by atoms with Crippen molar-refractivity contribution in [1.29, 1.82) is 5.41 Å². The Morgan fingerprint density at radius 1 is 1.35 bits per heavy atom. The van der Waals surface area contributed by atoms with Crippen molar-refractivity contribution in [3.05, 3.63) is 23.9 Å². The van der Waals surface area contributed by atoms with Crippen LogP contribution in [0, 0.1) is 5.41 Å². The highest BCUT2D eigenvalue weighted by molar-refractivity contribution is 5.94. The minimum Gasteiger partial charge on any atom is -0.384 e. The summed E-state index contributed by atoms with van der Waals surface area (Å²) < 4.78 is 0. The first kappa shape index (κ1) is 11.9. The van der Waals surface area contributed by atoms with Crippen molar-refractivity contribution in [3.63, 3.8) is 0 Å². The summed E-state index contributed by atoms with van der Waals surface area (Å²) in [6.07, 6.45) is 5.43. The number of piperidine rings is 1. The number of amidine groups is 1. The van der Waals surface area contributed by atoms with Crippen LogP contribution in [0.3, 0.4) is 0 Å². The quantitative estimate of drug-likeness (QED) is 0.606. The molecule has 0 aliphatic carbocycles. The number of hydrogen-bond donors (Lipinski definition) is 2. The highest BCUT2D eigenvalue weighted by Crippen LogP contribution is 2.27. The van der Waals surface area contributed by atoms with Gasteiger partial charge in [0.05, 0.1) is 0 Å². The van der Waals surface area contributed by atoms with Gasteiger partial charge >= 0.3 is 0 Å². The molecule has 4 nitrogen and oxygen atoms in total. The lowest BCUT2D eigenvalue weighted by atomic mass is 9.97.